The monoisotopic (exact) mass is 456 g/mol. The highest BCUT2D eigenvalue weighted by Gasteiger charge is 2.27. The molecule has 1 saturated heterocycles. The molecule has 1 aliphatic rings. The van der Waals surface area contributed by atoms with Crippen molar-refractivity contribution in [2.75, 3.05) is 32.8 Å². The van der Waals surface area contributed by atoms with Crippen molar-refractivity contribution in [3.8, 4) is 11.5 Å². The number of amides is 2. The van der Waals surface area contributed by atoms with E-state index in [9.17, 15) is 9.59 Å². The van der Waals surface area contributed by atoms with E-state index in [-0.39, 0.29) is 11.8 Å². The molecule has 0 radical (unpaired) electrons. The number of carbonyl (C=O) groups excluding carboxylic acids is 2. The molecule has 6 heteroatoms. The van der Waals surface area contributed by atoms with Crippen LogP contribution in [0.1, 0.15) is 26.3 Å². The SMILES string of the molecule is C=CCOc1ccccc1C(=O)N1CCN(C(=O)c2ccc(OCc3ccccc3)cc2)CC1. The molecule has 0 saturated carbocycles. The second-order valence-electron chi connectivity index (χ2n) is 7.98. The van der Waals surface area contributed by atoms with E-state index in [1.54, 1.807) is 40.1 Å². The van der Waals surface area contributed by atoms with E-state index in [0.29, 0.717) is 62.0 Å². The molecule has 0 aromatic heterocycles. The third-order valence-electron chi connectivity index (χ3n) is 5.68. The summed E-state index contributed by atoms with van der Waals surface area (Å²) in [5.41, 5.74) is 2.22. The van der Waals surface area contributed by atoms with Crippen LogP contribution in [0.5, 0.6) is 11.5 Å². The molecule has 34 heavy (non-hydrogen) atoms. The lowest BCUT2D eigenvalue weighted by Crippen LogP contribution is -2.50. The lowest BCUT2D eigenvalue weighted by atomic mass is 10.1. The molecule has 0 bridgehead atoms. The van der Waals surface area contributed by atoms with Crippen LogP contribution in [0.4, 0.5) is 0 Å². The van der Waals surface area contributed by atoms with Gasteiger partial charge >= 0.3 is 0 Å². The van der Waals surface area contributed by atoms with Gasteiger partial charge < -0.3 is 19.3 Å². The van der Waals surface area contributed by atoms with Crippen molar-refractivity contribution in [2.24, 2.45) is 0 Å². The van der Waals surface area contributed by atoms with Gasteiger partial charge in [-0.2, -0.15) is 0 Å². The Kier molecular flexibility index (Phi) is 7.60. The predicted molar refractivity (Wildman–Crippen MR) is 131 cm³/mol. The lowest BCUT2D eigenvalue weighted by molar-refractivity contribution is 0.0533. The van der Waals surface area contributed by atoms with Crippen LogP contribution in [-0.2, 0) is 6.61 Å². The zero-order valence-corrected chi connectivity index (χ0v) is 19.1. The molecule has 0 aliphatic carbocycles. The zero-order chi connectivity index (χ0) is 23.8. The quantitative estimate of drug-likeness (QED) is 0.471. The third kappa shape index (κ3) is 5.64. The molecule has 6 nitrogen and oxygen atoms in total. The second kappa shape index (κ2) is 11.2. The maximum atomic E-state index is 13.0. The zero-order valence-electron chi connectivity index (χ0n) is 19.1. The molecular formula is C28H28N2O4. The van der Waals surface area contributed by atoms with Crippen molar-refractivity contribution < 1.29 is 19.1 Å². The number of nitrogens with zero attached hydrogens (tertiary/aromatic N) is 2. The van der Waals surface area contributed by atoms with Crippen molar-refractivity contribution >= 4 is 11.8 Å². The summed E-state index contributed by atoms with van der Waals surface area (Å²) < 4.78 is 11.4. The average Bonchev–Trinajstić information content (AvgIpc) is 2.91. The van der Waals surface area contributed by atoms with E-state index in [1.165, 1.54) is 0 Å². The summed E-state index contributed by atoms with van der Waals surface area (Å²) in [5, 5.41) is 0. The Balaban J connectivity index is 1.31. The fourth-order valence-electron chi connectivity index (χ4n) is 3.82. The van der Waals surface area contributed by atoms with Crippen molar-refractivity contribution in [3.05, 3.63) is 108 Å². The van der Waals surface area contributed by atoms with Crippen molar-refractivity contribution in [1.29, 1.82) is 0 Å². The van der Waals surface area contributed by atoms with Crippen molar-refractivity contribution in [2.45, 2.75) is 6.61 Å². The van der Waals surface area contributed by atoms with E-state index in [2.05, 4.69) is 6.58 Å². The first-order chi connectivity index (χ1) is 16.7. The Morgan fingerprint density at radius 3 is 2.06 bits per heavy atom. The van der Waals surface area contributed by atoms with E-state index < -0.39 is 0 Å². The largest absolute Gasteiger partial charge is 0.489 e. The summed E-state index contributed by atoms with van der Waals surface area (Å²) in [5.74, 6) is 1.12. The summed E-state index contributed by atoms with van der Waals surface area (Å²) >= 11 is 0. The summed E-state index contributed by atoms with van der Waals surface area (Å²) in [6, 6.07) is 24.3. The minimum atomic E-state index is -0.0910. The van der Waals surface area contributed by atoms with E-state index >= 15 is 0 Å². The normalized spacial score (nSPS) is 13.3. The number of para-hydroxylation sites is 1. The van der Waals surface area contributed by atoms with Gasteiger partial charge in [-0.3, -0.25) is 9.59 Å². The molecule has 0 atom stereocenters. The van der Waals surface area contributed by atoms with Crippen LogP contribution in [0.2, 0.25) is 0 Å². The number of benzene rings is 3. The number of hydrogen-bond donors (Lipinski definition) is 0. The van der Waals surface area contributed by atoms with Gasteiger partial charge in [0.05, 0.1) is 5.56 Å². The minimum Gasteiger partial charge on any atom is -0.489 e. The Morgan fingerprint density at radius 2 is 1.38 bits per heavy atom. The maximum absolute atomic E-state index is 13.0. The summed E-state index contributed by atoms with van der Waals surface area (Å²) in [7, 11) is 0. The minimum absolute atomic E-state index is 0.0450. The Morgan fingerprint density at radius 1 is 0.765 bits per heavy atom. The molecule has 1 heterocycles. The number of rotatable bonds is 8. The molecule has 3 aromatic rings. The highest BCUT2D eigenvalue weighted by molar-refractivity contribution is 5.97. The summed E-state index contributed by atoms with van der Waals surface area (Å²) in [6.07, 6.45) is 1.65. The summed E-state index contributed by atoms with van der Waals surface area (Å²) in [4.78, 5) is 29.5. The lowest BCUT2D eigenvalue weighted by Gasteiger charge is -2.35. The molecule has 0 spiro atoms. The molecule has 1 fully saturated rings. The number of hydrogen-bond acceptors (Lipinski definition) is 4. The first kappa shape index (κ1) is 23.1. The first-order valence-corrected chi connectivity index (χ1v) is 11.3. The average molecular weight is 457 g/mol. The van der Waals surface area contributed by atoms with Crippen molar-refractivity contribution in [1.82, 2.24) is 9.80 Å². The molecule has 2 amide bonds. The maximum Gasteiger partial charge on any atom is 0.257 e. The van der Waals surface area contributed by atoms with Gasteiger partial charge in [0.15, 0.2) is 0 Å². The topological polar surface area (TPSA) is 59.1 Å². The van der Waals surface area contributed by atoms with Crippen LogP contribution >= 0.6 is 0 Å². The van der Waals surface area contributed by atoms with E-state index in [0.717, 1.165) is 5.56 Å². The molecular weight excluding hydrogens is 428 g/mol. The third-order valence-corrected chi connectivity index (χ3v) is 5.68. The van der Waals surface area contributed by atoms with Gasteiger partial charge in [-0.25, -0.2) is 0 Å². The van der Waals surface area contributed by atoms with Gasteiger partial charge in [-0.05, 0) is 42.0 Å². The molecule has 0 N–H and O–H groups in total. The van der Waals surface area contributed by atoms with Gasteiger partial charge in [0.25, 0.3) is 11.8 Å². The molecule has 3 aromatic carbocycles. The Bertz CT molecular complexity index is 1120. The van der Waals surface area contributed by atoms with Gasteiger partial charge in [-0.1, -0.05) is 55.1 Å². The Hall–Kier alpha value is -4.06. The molecule has 4 rings (SSSR count). The van der Waals surface area contributed by atoms with E-state index in [4.69, 9.17) is 9.47 Å². The fraction of sp³-hybridized carbons (Fsp3) is 0.214. The highest BCUT2D eigenvalue weighted by Crippen LogP contribution is 2.21. The van der Waals surface area contributed by atoms with Crippen LogP contribution in [0.3, 0.4) is 0 Å². The predicted octanol–water partition coefficient (Wildman–Crippen LogP) is 4.43. The number of carbonyl (C=O) groups is 2. The Labute approximate surface area is 200 Å². The van der Waals surface area contributed by atoms with E-state index in [1.807, 2.05) is 54.6 Å². The fourth-order valence-corrected chi connectivity index (χ4v) is 3.82. The van der Waals surface area contributed by atoms with Crippen molar-refractivity contribution in [3.63, 3.8) is 0 Å². The van der Waals surface area contributed by atoms with Gasteiger partial charge in [0.1, 0.15) is 24.7 Å². The van der Waals surface area contributed by atoms with Gasteiger partial charge in [-0.15, -0.1) is 0 Å². The number of piperazine rings is 1. The highest BCUT2D eigenvalue weighted by atomic mass is 16.5. The molecule has 174 valence electrons. The van der Waals surface area contributed by atoms with Crippen LogP contribution in [-0.4, -0.2) is 54.4 Å². The molecule has 0 unspecified atom stereocenters. The molecule has 1 aliphatic heterocycles. The number of ether oxygens (including phenoxy) is 2. The van der Waals surface area contributed by atoms with Crippen LogP contribution in [0.25, 0.3) is 0 Å². The first-order valence-electron chi connectivity index (χ1n) is 11.3. The summed E-state index contributed by atoms with van der Waals surface area (Å²) in [6.45, 7) is 6.36. The second-order valence-corrected chi connectivity index (χ2v) is 7.98. The van der Waals surface area contributed by atoms with Crippen LogP contribution in [0.15, 0.2) is 91.5 Å². The van der Waals surface area contributed by atoms with Gasteiger partial charge in [0, 0.05) is 31.7 Å². The van der Waals surface area contributed by atoms with Gasteiger partial charge in [0.2, 0.25) is 0 Å². The standard InChI is InChI=1S/C28H28N2O4/c1-2-20-33-26-11-7-6-10-25(26)28(32)30-18-16-29(17-19-30)27(31)23-12-14-24(15-13-23)34-21-22-8-4-3-5-9-22/h2-15H,1,16-21H2. The van der Waals surface area contributed by atoms with Crippen LogP contribution < -0.4 is 9.47 Å². The smallest absolute Gasteiger partial charge is 0.257 e. The van der Waals surface area contributed by atoms with Crippen LogP contribution in [0, 0.1) is 0 Å².